The lowest BCUT2D eigenvalue weighted by molar-refractivity contribution is -0.141. The van der Waals surface area contributed by atoms with Gasteiger partial charge in [-0.05, 0) is 24.1 Å². The van der Waals surface area contributed by atoms with Crippen LogP contribution in [0, 0.1) is 0 Å². The average Bonchev–Trinajstić information content (AvgIpc) is 2.87. The fraction of sp³-hybridized carbons (Fsp3) is 0.704. The number of amides is 1. The van der Waals surface area contributed by atoms with Crippen LogP contribution < -0.4 is 16.0 Å². The van der Waals surface area contributed by atoms with Crippen molar-refractivity contribution in [2.45, 2.75) is 83.6 Å². The number of benzene rings is 1. The summed E-state index contributed by atoms with van der Waals surface area (Å²) in [5, 5.41) is 20.0. The van der Waals surface area contributed by atoms with Gasteiger partial charge in [0.15, 0.2) is 0 Å². The van der Waals surface area contributed by atoms with Crippen molar-refractivity contribution in [2.24, 2.45) is 5.73 Å². The van der Waals surface area contributed by atoms with E-state index < -0.39 is 12.0 Å². The molecule has 1 unspecified atom stereocenters. The van der Waals surface area contributed by atoms with E-state index in [9.17, 15) is 14.7 Å². The van der Waals surface area contributed by atoms with Crippen LogP contribution in [0.25, 0.3) is 0 Å². The second-order valence-corrected chi connectivity index (χ2v) is 9.54. The number of alkyl halides is 2. The molecule has 1 amide bonds. The highest BCUT2D eigenvalue weighted by Gasteiger charge is 2.20. The third-order valence-electron chi connectivity index (χ3n) is 5.72. The second kappa shape index (κ2) is 23.8. The molecule has 208 valence electrons. The number of hydrogen-bond acceptors (Lipinski definition) is 5. The van der Waals surface area contributed by atoms with Gasteiger partial charge >= 0.3 is 5.97 Å². The number of carboxylic acids is 1. The quantitative estimate of drug-likeness (QED) is 0.136. The highest BCUT2D eigenvalue weighted by molar-refractivity contribution is 6.18. The van der Waals surface area contributed by atoms with Gasteiger partial charge in [-0.25, -0.2) is 4.79 Å². The number of aliphatic hydroxyl groups excluding tert-OH is 1. The minimum Gasteiger partial charge on any atom is -0.480 e. The Morgan fingerprint density at radius 3 is 1.89 bits per heavy atom. The topological polar surface area (TPSA) is 116 Å². The minimum absolute atomic E-state index is 0.0972. The average molecular weight is 549 g/mol. The molecule has 0 aliphatic heterocycles. The summed E-state index contributed by atoms with van der Waals surface area (Å²) in [6.45, 7) is 4.08. The standard InChI is InChI=1S/C25H40Cl2N2O3.C2H7NO/c1-2-3-4-5-6-7-8-9-10-11-24(30)28-23(25(31)32)20-21-12-14-22(15-13-21)29(18-16-26)19-17-27;3-1-2-4/h12-15,23H,2-11,16-20H2,1H3,(H,28,30)(H,31,32);4H,1-3H2. The maximum Gasteiger partial charge on any atom is 0.326 e. The van der Waals surface area contributed by atoms with Crippen LogP contribution in [-0.4, -0.2) is 66.1 Å². The Balaban J connectivity index is 0.00000283. The molecule has 1 aromatic carbocycles. The number of hydrogen-bond donors (Lipinski definition) is 4. The molecule has 9 heteroatoms. The largest absolute Gasteiger partial charge is 0.480 e. The summed E-state index contributed by atoms with van der Waals surface area (Å²) in [5.74, 6) is -0.192. The van der Waals surface area contributed by atoms with E-state index in [2.05, 4.69) is 17.1 Å². The van der Waals surface area contributed by atoms with Crippen LogP contribution in [0.4, 0.5) is 5.69 Å². The molecular weight excluding hydrogens is 501 g/mol. The minimum atomic E-state index is -1.01. The summed E-state index contributed by atoms with van der Waals surface area (Å²) in [5.41, 5.74) is 6.64. The van der Waals surface area contributed by atoms with Gasteiger partial charge in [-0.3, -0.25) is 4.79 Å². The second-order valence-electron chi connectivity index (χ2n) is 8.78. The van der Waals surface area contributed by atoms with Gasteiger partial charge in [0.25, 0.3) is 0 Å². The molecule has 0 spiro atoms. The highest BCUT2D eigenvalue weighted by Crippen LogP contribution is 2.17. The first kappa shape index (κ1) is 34.5. The molecule has 7 nitrogen and oxygen atoms in total. The molecular formula is C27H47Cl2N3O4. The van der Waals surface area contributed by atoms with Gasteiger partial charge in [0.2, 0.25) is 5.91 Å². The van der Waals surface area contributed by atoms with Crippen molar-refractivity contribution in [2.75, 3.05) is 42.9 Å². The summed E-state index contributed by atoms with van der Waals surface area (Å²) in [7, 11) is 0. The molecule has 0 saturated heterocycles. The Morgan fingerprint density at radius 1 is 0.944 bits per heavy atom. The van der Waals surface area contributed by atoms with E-state index in [4.69, 9.17) is 34.0 Å². The number of aliphatic carboxylic acids is 1. The van der Waals surface area contributed by atoms with Gasteiger partial charge in [0.05, 0.1) is 6.61 Å². The molecule has 0 bridgehead atoms. The van der Waals surface area contributed by atoms with Crippen LogP contribution in [0.3, 0.4) is 0 Å². The highest BCUT2D eigenvalue weighted by atomic mass is 35.5. The first-order valence-corrected chi connectivity index (χ1v) is 14.3. The SMILES string of the molecule is CCCCCCCCCCCC(=O)NC(Cc1ccc(N(CCCl)CCCl)cc1)C(=O)O.NCCO. The van der Waals surface area contributed by atoms with Crippen LogP contribution in [0.2, 0.25) is 0 Å². The smallest absolute Gasteiger partial charge is 0.326 e. The lowest BCUT2D eigenvalue weighted by Gasteiger charge is -2.23. The van der Waals surface area contributed by atoms with E-state index in [0.717, 1.165) is 30.5 Å². The van der Waals surface area contributed by atoms with Crippen molar-refractivity contribution >= 4 is 40.8 Å². The van der Waals surface area contributed by atoms with Crippen LogP contribution in [0.5, 0.6) is 0 Å². The number of carboxylic acid groups (broad SMARTS) is 1. The van der Waals surface area contributed by atoms with Crippen LogP contribution in [-0.2, 0) is 16.0 Å². The van der Waals surface area contributed by atoms with Gasteiger partial charge < -0.3 is 26.2 Å². The number of carbonyl (C=O) groups excluding carboxylic acids is 1. The first-order chi connectivity index (χ1) is 17.4. The Kier molecular flexibility index (Phi) is 22.8. The maximum atomic E-state index is 12.2. The maximum absolute atomic E-state index is 12.2. The van der Waals surface area contributed by atoms with Crippen molar-refractivity contribution in [3.05, 3.63) is 29.8 Å². The number of carbonyl (C=O) groups is 2. The van der Waals surface area contributed by atoms with E-state index >= 15 is 0 Å². The van der Waals surface area contributed by atoms with Gasteiger partial charge in [-0.2, -0.15) is 0 Å². The van der Waals surface area contributed by atoms with Gasteiger partial charge in [0, 0.05) is 49.9 Å². The number of nitrogens with two attached hydrogens (primary N) is 1. The van der Waals surface area contributed by atoms with Crippen LogP contribution in [0.1, 0.15) is 76.7 Å². The summed E-state index contributed by atoms with van der Waals surface area (Å²) >= 11 is 11.7. The van der Waals surface area contributed by atoms with Crippen LogP contribution in [0.15, 0.2) is 24.3 Å². The summed E-state index contributed by atoms with van der Waals surface area (Å²) < 4.78 is 0. The number of halogens is 2. The number of unbranched alkanes of at least 4 members (excludes halogenated alkanes) is 8. The Hall–Kier alpha value is -1.54. The molecule has 36 heavy (non-hydrogen) atoms. The fourth-order valence-electron chi connectivity index (χ4n) is 3.72. The molecule has 1 aromatic rings. The summed E-state index contributed by atoms with van der Waals surface area (Å²) in [6.07, 6.45) is 11.3. The number of aliphatic hydroxyl groups is 1. The first-order valence-electron chi connectivity index (χ1n) is 13.2. The van der Waals surface area contributed by atoms with Gasteiger partial charge in [-0.1, -0.05) is 70.4 Å². The third-order valence-corrected chi connectivity index (χ3v) is 6.06. The van der Waals surface area contributed by atoms with Crippen molar-refractivity contribution in [3.8, 4) is 0 Å². The summed E-state index contributed by atoms with van der Waals surface area (Å²) in [6, 6.07) is 6.75. The normalized spacial score (nSPS) is 11.4. The molecule has 0 radical (unpaired) electrons. The van der Waals surface area contributed by atoms with Crippen molar-refractivity contribution in [3.63, 3.8) is 0 Å². The number of nitrogens with zero attached hydrogens (tertiary/aromatic N) is 1. The van der Waals surface area contributed by atoms with Crippen molar-refractivity contribution in [1.82, 2.24) is 5.32 Å². The molecule has 0 heterocycles. The molecule has 5 N–H and O–H groups in total. The molecule has 0 saturated carbocycles. The molecule has 0 fully saturated rings. The van der Waals surface area contributed by atoms with E-state index in [-0.39, 0.29) is 18.9 Å². The lowest BCUT2D eigenvalue weighted by Crippen LogP contribution is -2.42. The number of rotatable bonds is 20. The predicted molar refractivity (Wildman–Crippen MR) is 151 cm³/mol. The van der Waals surface area contributed by atoms with Gasteiger partial charge in [0.1, 0.15) is 6.04 Å². The van der Waals surface area contributed by atoms with Crippen LogP contribution >= 0.6 is 23.2 Å². The molecule has 1 atom stereocenters. The van der Waals surface area contributed by atoms with E-state index in [1.165, 1.54) is 38.5 Å². The molecule has 0 aliphatic rings. The zero-order valence-corrected chi connectivity index (χ0v) is 23.4. The van der Waals surface area contributed by atoms with Gasteiger partial charge in [-0.15, -0.1) is 23.2 Å². The van der Waals surface area contributed by atoms with E-state index in [0.29, 0.717) is 37.8 Å². The lowest BCUT2D eigenvalue weighted by atomic mass is 10.0. The Bertz CT molecular complexity index is 669. The number of nitrogens with one attached hydrogen (secondary N) is 1. The molecule has 0 aromatic heterocycles. The molecule has 1 rings (SSSR count). The van der Waals surface area contributed by atoms with Crippen molar-refractivity contribution < 1.29 is 19.8 Å². The summed E-state index contributed by atoms with van der Waals surface area (Å²) in [4.78, 5) is 26.0. The fourth-order valence-corrected chi connectivity index (χ4v) is 4.12. The van der Waals surface area contributed by atoms with E-state index in [1.54, 1.807) is 0 Å². The Labute approximate surface area is 227 Å². The Morgan fingerprint density at radius 2 is 1.44 bits per heavy atom. The zero-order valence-electron chi connectivity index (χ0n) is 21.9. The van der Waals surface area contributed by atoms with E-state index in [1.807, 2.05) is 24.3 Å². The molecule has 0 aliphatic carbocycles. The van der Waals surface area contributed by atoms with Crippen molar-refractivity contribution in [1.29, 1.82) is 0 Å². The third kappa shape index (κ3) is 17.8. The monoisotopic (exact) mass is 547 g/mol. The zero-order chi connectivity index (χ0) is 27.0. The predicted octanol–water partition coefficient (Wildman–Crippen LogP) is 4.94. The number of anilines is 1.